The fraction of sp³-hybridized carbons (Fsp3) is 0.167. The van der Waals surface area contributed by atoms with E-state index in [4.69, 9.17) is 0 Å². The molecule has 0 saturated carbocycles. The lowest BCUT2D eigenvalue weighted by molar-refractivity contribution is -0.116. The molecule has 21 heavy (non-hydrogen) atoms. The molecule has 0 aliphatic heterocycles. The second-order valence-corrected chi connectivity index (χ2v) is 5.02. The Hall–Kier alpha value is -2.55. The molecule has 0 fully saturated rings. The van der Waals surface area contributed by atoms with Crippen molar-refractivity contribution in [3.8, 4) is 0 Å². The number of amides is 1. The second-order valence-electron chi connectivity index (χ2n) is 5.02. The molecule has 2 aromatic rings. The normalized spacial score (nSPS) is 10.6. The molecule has 3 nitrogen and oxygen atoms in total. The van der Waals surface area contributed by atoms with E-state index in [9.17, 15) is 4.79 Å². The quantitative estimate of drug-likeness (QED) is 0.854. The maximum atomic E-state index is 11.8. The maximum Gasteiger partial charge on any atom is 0.244 e. The summed E-state index contributed by atoms with van der Waals surface area (Å²) in [5, 5.41) is 2.88. The summed E-state index contributed by atoms with van der Waals surface area (Å²) in [4.78, 5) is 13.8. The highest BCUT2D eigenvalue weighted by Crippen LogP contribution is 2.11. The van der Waals surface area contributed by atoms with Crippen LogP contribution < -0.4 is 10.2 Å². The molecule has 1 amide bonds. The Morgan fingerprint density at radius 2 is 1.71 bits per heavy atom. The van der Waals surface area contributed by atoms with Crippen molar-refractivity contribution in [3.63, 3.8) is 0 Å². The van der Waals surface area contributed by atoms with Crippen LogP contribution in [-0.2, 0) is 11.3 Å². The maximum absolute atomic E-state index is 11.8. The van der Waals surface area contributed by atoms with E-state index in [1.165, 1.54) is 0 Å². The van der Waals surface area contributed by atoms with Crippen molar-refractivity contribution in [1.29, 1.82) is 0 Å². The largest absolute Gasteiger partial charge is 0.378 e. The van der Waals surface area contributed by atoms with Crippen LogP contribution in [0.2, 0.25) is 0 Å². The SMILES string of the molecule is CN(C)c1ccc(CNC(=O)/C=C/c2ccccc2)cc1. The summed E-state index contributed by atoms with van der Waals surface area (Å²) < 4.78 is 0. The Labute approximate surface area is 125 Å². The molecule has 3 heteroatoms. The minimum absolute atomic E-state index is 0.0875. The lowest BCUT2D eigenvalue weighted by Gasteiger charge is -2.12. The number of hydrogen-bond donors (Lipinski definition) is 1. The lowest BCUT2D eigenvalue weighted by Crippen LogP contribution is -2.20. The minimum Gasteiger partial charge on any atom is -0.378 e. The molecule has 0 aromatic heterocycles. The highest BCUT2D eigenvalue weighted by Gasteiger charge is 1.98. The number of carbonyl (C=O) groups is 1. The molecule has 2 aromatic carbocycles. The third-order valence-corrected chi connectivity index (χ3v) is 3.15. The van der Waals surface area contributed by atoms with E-state index in [-0.39, 0.29) is 5.91 Å². The molecule has 0 saturated heterocycles. The number of anilines is 1. The first-order valence-corrected chi connectivity index (χ1v) is 6.92. The number of carbonyl (C=O) groups excluding carboxylic acids is 1. The Kier molecular flexibility index (Phi) is 5.16. The molecule has 0 atom stereocenters. The first-order chi connectivity index (χ1) is 10.1. The topological polar surface area (TPSA) is 32.3 Å². The van der Waals surface area contributed by atoms with Crippen LogP contribution in [0.5, 0.6) is 0 Å². The van der Waals surface area contributed by atoms with Crippen LogP contribution in [0.1, 0.15) is 11.1 Å². The van der Waals surface area contributed by atoms with Gasteiger partial charge in [0.15, 0.2) is 0 Å². The van der Waals surface area contributed by atoms with Gasteiger partial charge in [0.25, 0.3) is 0 Å². The highest BCUT2D eigenvalue weighted by atomic mass is 16.1. The van der Waals surface area contributed by atoms with E-state index >= 15 is 0 Å². The standard InChI is InChI=1S/C18H20N2O/c1-20(2)17-11-8-16(9-12-17)14-19-18(21)13-10-15-6-4-3-5-7-15/h3-13H,14H2,1-2H3,(H,19,21)/b13-10+. The van der Waals surface area contributed by atoms with Gasteiger partial charge in [-0.05, 0) is 29.3 Å². The highest BCUT2D eigenvalue weighted by molar-refractivity contribution is 5.91. The fourth-order valence-electron chi connectivity index (χ4n) is 1.90. The molecule has 0 heterocycles. The average Bonchev–Trinajstić information content (AvgIpc) is 2.52. The van der Waals surface area contributed by atoms with Gasteiger partial charge >= 0.3 is 0 Å². The summed E-state index contributed by atoms with van der Waals surface area (Å²) in [6.07, 6.45) is 3.37. The Morgan fingerprint density at radius 1 is 1.05 bits per heavy atom. The first-order valence-electron chi connectivity index (χ1n) is 6.92. The van der Waals surface area contributed by atoms with Gasteiger partial charge in [-0.15, -0.1) is 0 Å². The molecule has 0 radical (unpaired) electrons. The van der Waals surface area contributed by atoms with Crippen LogP contribution in [0.3, 0.4) is 0 Å². The van der Waals surface area contributed by atoms with Gasteiger partial charge in [0.05, 0.1) is 0 Å². The van der Waals surface area contributed by atoms with Gasteiger partial charge in [-0.2, -0.15) is 0 Å². The predicted octanol–water partition coefficient (Wildman–Crippen LogP) is 3.08. The van der Waals surface area contributed by atoms with Gasteiger partial charge in [0.2, 0.25) is 5.91 Å². The minimum atomic E-state index is -0.0875. The predicted molar refractivity (Wildman–Crippen MR) is 88.1 cm³/mol. The molecular formula is C18H20N2O. The van der Waals surface area contributed by atoms with Crippen LogP contribution in [0.25, 0.3) is 6.08 Å². The number of hydrogen-bond acceptors (Lipinski definition) is 2. The van der Waals surface area contributed by atoms with Crippen molar-refractivity contribution >= 4 is 17.7 Å². The smallest absolute Gasteiger partial charge is 0.244 e. The number of nitrogens with zero attached hydrogens (tertiary/aromatic N) is 1. The summed E-state index contributed by atoms with van der Waals surface area (Å²) in [5.41, 5.74) is 3.25. The molecule has 2 rings (SSSR count). The molecule has 108 valence electrons. The van der Waals surface area contributed by atoms with Gasteiger partial charge < -0.3 is 10.2 Å². The zero-order valence-corrected chi connectivity index (χ0v) is 12.4. The summed E-state index contributed by atoms with van der Waals surface area (Å²) in [5.74, 6) is -0.0875. The summed E-state index contributed by atoms with van der Waals surface area (Å²) in [6, 6.07) is 17.9. The van der Waals surface area contributed by atoms with E-state index in [1.807, 2.05) is 79.7 Å². The Bertz CT molecular complexity index is 601. The van der Waals surface area contributed by atoms with E-state index in [1.54, 1.807) is 6.08 Å². The molecule has 0 aliphatic carbocycles. The zero-order chi connectivity index (χ0) is 15.1. The van der Waals surface area contributed by atoms with Crippen LogP contribution >= 0.6 is 0 Å². The van der Waals surface area contributed by atoms with E-state index in [2.05, 4.69) is 5.32 Å². The van der Waals surface area contributed by atoms with Crippen LogP contribution in [-0.4, -0.2) is 20.0 Å². The Morgan fingerprint density at radius 3 is 2.33 bits per heavy atom. The van der Waals surface area contributed by atoms with Crippen LogP contribution in [0.4, 0.5) is 5.69 Å². The van der Waals surface area contributed by atoms with Crippen molar-refractivity contribution in [3.05, 3.63) is 71.8 Å². The molecule has 0 aliphatic rings. The summed E-state index contributed by atoms with van der Waals surface area (Å²) >= 11 is 0. The van der Waals surface area contributed by atoms with Gasteiger partial charge in [-0.25, -0.2) is 0 Å². The van der Waals surface area contributed by atoms with E-state index in [0.717, 1.165) is 16.8 Å². The van der Waals surface area contributed by atoms with Gasteiger partial charge in [-0.3, -0.25) is 4.79 Å². The fourth-order valence-corrected chi connectivity index (χ4v) is 1.90. The van der Waals surface area contributed by atoms with Crippen molar-refractivity contribution < 1.29 is 4.79 Å². The van der Waals surface area contributed by atoms with Gasteiger partial charge in [-0.1, -0.05) is 42.5 Å². The summed E-state index contributed by atoms with van der Waals surface area (Å²) in [7, 11) is 4.01. The van der Waals surface area contributed by atoms with Crippen molar-refractivity contribution in [2.45, 2.75) is 6.54 Å². The molecule has 0 bridgehead atoms. The third-order valence-electron chi connectivity index (χ3n) is 3.15. The van der Waals surface area contributed by atoms with Gasteiger partial charge in [0.1, 0.15) is 0 Å². The molecule has 1 N–H and O–H groups in total. The number of nitrogens with one attached hydrogen (secondary N) is 1. The van der Waals surface area contributed by atoms with Crippen LogP contribution in [0.15, 0.2) is 60.7 Å². The van der Waals surface area contributed by atoms with E-state index in [0.29, 0.717) is 6.54 Å². The monoisotopic (exact) mass is 280 g/mol. The molecular weight excluding hydrogens is 260 g/mol. The average molecular weight is 280 g/mol. The Balaban J connectivity index is 1.85. The van der Waals surface area contributed by atoms with Crippen molar-refractivity contribution in [2.24, 2.45) is 0 Å². The number of rotatable bonds is 5. The van der Waals surface area contributed by atoms with Crippen LogP contribution in [0, 0.1) is 0 Å². The number of benzene rings is 2. The van der Waals surface area contributed by atoms with Crippen molar-refractivity contribution in [1.82, 2.24) is 5.32 Å². The lowest BCUT2D eigenvalue weighted by atomic mass is 10.2. The third kappa shape index (κ3) is 4.80. The molecule has 0 spiro atoms. The second kappa shape index (κ2) is 7.29. The first kappa shape index (κ1) is 14.9. The van der Waals surface area contributed by atoms with Gasteiger partial charge in [0, 0.05) is 32.4 Å². The summed E-state index contributed by atoms with van der Waals surface area (Å²) in [6.45, 7) is 0.533. The zero-order valence-electron chi connectivity index (χ0n) is 12.4. The van der Waals surface area contributed by atoms with E-state index < -0.39 is 0 Å². The molecule has 0 unspecified atom stereocenters. The van der Waals surface area contributed by atoms with Crippen molar-refractivity contribution in [2.75, 3.05) is 19.0 Å².